The normalized spacial score (nSPS) is 12.4. The zero-order valence-corrected chi connectivity index (χ0v) is 13.0. The molecule has 0 bridgehead atoms. The molecule has 1 unspecified atom stereocenters. The minimum absolute atomic E-state index is 0.233. The van der Waals surface area contributed by atoms with Crippen LogP contribution in [-0.2, 0) is 22.6 Å². The third-order valence-electron chi connectivity index (χ3n) is 3.49. The van der Waals surface area contributed by atoms with E-state index in [1.54, 1.807) is 6.92 Å². The van der Waals surface area contributed by atoms with Gasteiger partial charge in [-0.05, 0) is 31.1 Å². The number of hydrogen-bond acceptors (Lipinski definition) is 4. The van der Waals surface area contributed by atoms with Gasteiger partial charge in [-0.15, -0.1) is 0 Å². The van der Waals surface area contributed by atoms with Gasteiger partial charge >= 0.3 is 5.97 Å². The number of nitrogens with zero attached hydrogens (tertiary/aromatic N) is 1. The number of carbonyl (C=O) groups excluding carboxylic acids is 1. The summed E-state index contributed by atoms with van der Waals surface area (Å²) in [6.07, 6.45) is 0. The van der Waals surface area contributed by atoms with E-state index in [2.05, 4.69) is 53.1 Å². The Kier molecular flexibility index (Phi) is 7.26. The van der Waals surface area contributed by atoms with Crippen LogP contribution in [0, 0.1) is 0 Å². The fourth-order valence-corrected chi connectivity index (χ4v) is 2.00. The van der Waals surface area contributed by atoms with Gasteiger partial charge in [0, 0.05) is 13.1 Å². The first-order chi connectivity index (χ1) is 9.60. The van der Waals surface area contributed by atoms with E-state index in [1.807, 2.05) is 0 Å². The van der Waals surface area contributed by atoms with E-state index in [-0.39, 0.29) is 12.0 Å². The number of esters is 1. The standard InChI is InChI=1S/C16H26N2O2/c1-5-18(6-2)12-15-9-7-14(8-10-15)11-17-13(3)16(19)20-4/h7-10,13,17H,5-6,11-12H2,1-4H3. The summed E-state index contributed by atoms with van der Waals surface area (Å²) in [6, 6.07) is 8.23. The van der Waals surface area contributed by atoms with Crippen molar-refractivity contribution in [2.24, 2.45) is 0 Å². The van der Waals surface area contributed by atoms with Crippen LogP contribution in [0.2, 0.25) is 0 Å². The lowest BCUT2D eigenvalue weighted by atomic mass is 10.1. The van der Waals surface area contributed by atoms with Crippen molar-refractivity contribution in [1.82, 2.24) is 10.2 Å². The molecule has 1 atom stereocenters. The summed E-state index contributed by atoms with van der Waals surface area (Å²) in [6.45, 7) is 9.94. The van der Waals surface area contributed by atoms with Crippen molar-refractivity contribution in [3.8, 4) is 0 Å². The van der Waals surface area contributed by atoms with Crippen LogP contribution in [0.3, 0.4) is 0 Å². The molecule has 4 heteroatoms. The van der Waals surface area contributed by atoms with Gasteiger partial charge < -0.3 is 10.1 Å². The van der Waals surface area contributed by atoms with Crippen molar-refractivity contribution in [2.75, 3.05) is 20.2 Å². The van der Waals surface area contributed by atoms with Crippen LogP contribution in [0.1, 0.15) is 31.9 Å². The average molecular weight is 278 g/mol. The number of benzene rings is 1. The molecule has 4 nitrogen and oxygen atoms in total. The third kappa shape index (κ3) is 5.31. The third-order valence-corrected chi connectivity index (χ3v) is 3.49. The Morgan fingerprint density at radius 2 is 1.75 bits per heavy atom. The highest BCUT2D eigenvalue weighted by Crippen LogP contribution is 2.08. The summed E-state index contributed by atoms with van der Waals surface area (Å²) in [5, 5.41) is 3.15. The first-order valence-corrected chi connectivity index (χ1v) is 7.22. The fourth-order valence-electron chi connectivity index (χ4n) is 2.00. The number of carbonyl (C=O) groups is 1. The van der Waals surface area contributed by atoms with Gasteiger partial charge in [-0.3, -0.25) is 9.69 Å². The molecular weight excluding hydrogens is 252 g/mol. The van der Waals surface area contributed by atoms with E-state index >= 15 is 0 Å². The molecule has 0 radical (unpaired) electrons. The zero-order chi connectivity index (χ0) is 15.0. The van der Waals surface area contributed by atoms with Crippen molar-refractivity contribution in [2.45, 2.75) is 39.9 Å². The van der Waals surface area contributed by atoms with Crippen LogP contribution in [0.15, 0.2) is 24.3 Å². The molecule has 0 heterocycles. The second-order valence-electron chi connectivity index (χ2n) is 4.90. The van der Waals surface area contributed by atoms with Gasteiger partial charge in [0.15, 0.2) is 0 Å². The summed E-state index contributed by atoms with van der Waals surface area (Å²) in [5.41, 5.74) is 2.49. The van der Waals surface area contributed by atoms with Gasteiger partial charge in [0.2, 0.25) is 0 Å². The maximum atomic E-state index is 11.3. The molecule has 0 saturated carbocycles. The Labute approximate surface area is 122 Å². The second-order valence-corrected chi connectivity index (χ2v) is 4.90. The first-order valence-electron chi connectivity index (χ1n) is 7.22. The Hall–Kier alpha value is -1.39. The molecule has 1 aromatic carbocycles. The predicted octanol–water partition coefficient (Wildman–Crippen LogP) is 2.18. The van der Waals surface area contributed by atoms with Crippen molar-refractivity contribution in [3.05, 3.63) is 35.4 Å². The van der Waals surface area contributed by atoms with Crippen molar-refractivity contribution >= 4 is 5.97 Å². The summed E-state index contributed by atoms with van der Waals surface area (Å²) < 4.78 is 4.68. The van der Waals surface area contributed by atoms with Crippen molar-refractivity contribution < 1.29 is 9.53 Å². The van der Waals surface area contributed by atoms with Gasteiger partial charge in [-0.1, -0.05) is 38.1 Å². The molecule has 20 heavy (non-hydrogen) atoms. The number of methoxy groups -OCH3 is 1. The van der Waals surface area contributed by atoms with E-state index < -0.39 is 0 Å². The van der Waals surface area contributed by atoms with Crippen LogP contribution in [0.5, 0.6) is 0 Å². The molecule has 0 saturated heterocycles. The van der Waals surface area contributed by atoms with E-state index in [9.17, 15) is 4.79 Å². The highest BCUT2D eigenvalue weighted by molar-refractivity contribution is 5.75. The highest BCUT2D eigenvalue weighted by atomic mass is 16.5. The molecule has 0 aliphatic carbocycles. The Morgan fingerprint density at radius 3 is 2.25 bits per heavy atom. The molecule has 0 aliphatic rings. The SMILES string of the molecule is CCN(CC)Cc1ccc(CNC(C)C(=O)OC)cc1. The van der Waals surface area contributed by atoms with E-state index in [0.717, 1.165) is 19.6 Å². The van der Waals surface area contributed by atoms with Crippen LogP contribution in [-0.4, -0.2) is 37.1 Å². The molecule has 0 aromatic heterocycles. The molecular formula is C16H26N2O2. The largest absolute Gasteiger partial charge is 0.468 e. The maximum absolute atomic E-state index is 11.3. The van der Waals surface area contributed by atoms with Gasteiger partial charge in [-0.2, -0.15) is 0 Å². The first kappa shape index (κ1) is 16.7. The molecule has 1 aromatic rings. The van der Waals surface area contributed by atoms with Crippen LogP contribution in [0.25, 0.3) is 0 Å². The monoisotopic (exact) mass is 278 g/mol. The van der Waals surface area contributed by atoms with Gasteiger partial charge in [0.25, 0.3) is 0 Å². The lowest BCUT2D eigenvalue weighted by Gasteiger charge is -2.18. The lowest BCUT2D eigenvalue weighted by Crippen LogP contribution is -2.34. The quantitative estimate of drug-likeness (QED) is 0.740. The smallest absolute Gasteiger partial charge is 0.322 e. The summed E-state index contributed by atoms with van der Waals surface area (Å²) in [4.78, 5) is 13.7. The Morgan fingerprint density at radius 1 is 1.20 bits per heavy atom. The minimum atomic E-state index is -0.282. The zero-order valence-electron chi connectivity index (χ0n) is 13.0. The van der Waals surface area contributed by atoms with Crippen LogP contribution in [0.4, 0.5) is 0 Å². The number of nitrogens with one attached hydrogen (secondary N) is 1. The van der Waals surface area contributed by atoms with Crippen LogP contribution >= 0.6 is 0 Å². The molecule has 112 valence electrons. The van der Waals surface area contributed by atoms with E-state index in [1.165, 1.54) is 18.2 Å². The van der Waals surface area contributed by atoms with Crippen molar-refractivity contribution in [3.63, 3.8) is 0 Å². The minimum Gasteiger partial charge on any atom is -0.468 e. The number of ether oxygens (including phenoxy) is 1. The van der Waals surface area contributed by atoms with Gasteiger partial charge in [0.05, 0.1) is 7.11 Å². The highest BCUT2D eigenvalue weighted by Gasteiger charge is 2.11. The molecule has 0 spiro atoms. The second kappa shape index (κ2) is 8.72. The molecule has 0 fully saturated rings. The molecule has 1 N–H and O–H groups in total. The van der Waals surface area contributed by atoms with E-state index in [0.29, 0.717) is 6.54 Å². The molecule has 0 aliphatic heterocycles. The van der Waals surface area contributed by atoms with Gasteiger partial charge in [0.1, 0.15) is 6.04 Å². The Bertz CT molecular complexity index is 399. The fraction of sp³-hybridized carbons (Fsp3) is 0.562. The number of hydrogen-bond donors (Lipinski definition) is 1. The number of rotatable bonds is 8. The topological polar surface area (TPSA) is 41.6 Å². The Balaban J connectivity index is 2.48. The maximum Gasteiger partial charge on any atom is 0.322 e. The average Bonchev–Trinajstić information content (AvgIpc) is 2.50. The van der Waals surface area contributed by atoms with Crippen molar-refractivity contribution in [1.29, 1.82) is 0 Å². The lowest BCUT2D eigenvalue weighted by molar-refractivity contribution is -0.142. The summed E-state index contributed by atoms with van der Waals surface area (Å²) in [7, 11) is 1.41. The summed E-state index contributed by atoms with van der Waals surface area (Å²) in [5.74, 6) is -0.233. The molecule has 0 amide bonds. The van der Waals surface area contributed by atoms with Gasteiger partial charge in [-0.25, -0.2) is 0 Å². The summed E-state index contributed by atoms with van der Waals surface area (Å²) >= 11 is 0. The van der Waals surface area contributed by atoms with Crippen LogP contribution < -0.4 is 5.32 Å². The predicted molar refractivity (Wildman–Crippen MR) is 81.4 cm³/mol. The molecule has 1 rings (SSSR count). The van der Waals surface area contributed by atoms with E-state index in [4.69, 9.17) is 0 Å².